The van der Waals surface area contributed by atoms with Gasteiger partial charge in [-0.25, -0.2) is 0 Å². The fraction of sp³-hybridized carbons (Fsp3) is 0.625. The maximum Gasteiger partial charge on any atom is 0.198 e. The summed E-state index contributed by atoms with van der Waals surface area (Å²) in [5, 5.41) is 0.765. The van der Waals surface area contributed by atoms with E-state index in [0.29, 0.717) is 5.90 Å². The Bertz CT molecular complexity index is 213. The molecule has 2 nitrogen and oxygen atoms in total. The molecule has 1 aliphatic rings. The van der Waals surface area contributed by atoms with Crippen LogP contribution in [0.3, 0.4) is 0 Å². The molecule has 4 heteroatoms. The summed E-state index contributed by atoms with van der Waals surface area (Å²) >= 11 is 11.1. The van der Waals surface area contributed by atoms with Crippen LogP contribution >= 0.6 is 23.4 Å². The Morgan fingerprint density at radius 3 is 3.08 bits per heavy atom. The first-order valence-corrected chi connectivity index (χ1v) is 4.63. The molecule has 1 aliphatic carbocycles. The summed E-state index contributed by atoms with van der Waals surface area (Å²) in [6, 6.07) is 0. The molecule has 0 aromatic rings. The second-order valence-corrected chi connectivity index (χ2v) is 3.34. The van der Waals surface area contributed by atoms with Gasteiger partial charge in [-0.15, -0.1) is 4.51 Å². The molecule has 68 valence electrons. The van der Waals surface area contributed by atoms with Crippen LogP contribution < -0.4 is 0 Å². The molecule has 0 fully saturated rings. The van der Waals surface area contributed by atoms with Crippen molar-refractivity contribution in [2.75, 3.05) is 0 Å². The highest BCUT2D eigenvalue weighted by atomic mass is 35.5. The van der Waals surface area contributed by atoms with Crippen LogP contribution in [-0.2, 0) is 4.74 Å². The van der Waals surface area contributed by atoms with Crippen LogP contribution in [-0.4, -0.2) is 12.0 Å². The van der Waals surface area contributed by atoms with Gasteiger partial charge in [0.2, 0.25) is 0 Å². The van der Waals surface area contributed by atoms with Gasteiger partial charge in [-0.3, -0.25) is 0 Å². The zero-order valence-electron chi connectivity index (χ0n) is 6.89. The van der Waals surface area contributed by atoms with Gasteiger partial charge in [-0.1, -0.05) is 17.7 Å². The number of halogens is 2. The quantitative estimate of drug-likeness (QED) is 0.478. The Labute approximate surface area is 82.3 Å². The number of nitrogens with zero attached hydrogens (tertiary/aromatic N) is 1. The highest BCUT2D eigenvalue weighted by Gasteiger charge is 2.17. The van der Waals surface area contributed by atoms with Gasteiger partial charge in [0, 0.05) is 18.7 Å². The van der Waals surface area contributed by atoms with E-state index in [-0.39, 0.29) is 6.10 Å². The zero-order valence-corrected chi connectivity index (χ0v) is 8.40. The van der Waals surface area contributed by atoms with Crippen LogP contribution in [0.15, 0.2) is 15.6 Å². The number of rotatable bonds is 1. The number of hydrogen-bond donors (Lipinski definition) is 0. The van der Waals surface area contributed by atoms with Gasteiger partial charge < -0.3 is 4.74 Å². The van der Waals surface area contributed by atoms with Gasteiger partial charge in [-0.05, 0) is 19.3 Å². The zero-order chi connectivity index (χ0) is 8.97. The van der Waals surface area contributed by atoms with Crippen molar-refractivity contribution in [3.05, 3.63) is 11.1 Å². The molecule has 0 aromatic carbocycles. The molecule has 0 spiro atoms. The molecule has 0 amide bonds. The lowest BCUT2D eigenvalue weighted by atomic mass is 10.1. The minimum Gasteiger partial charge on any atom is -0.471 e. The van der Waals surface area contributed by atoms with Crippen LogP contribution in [0.1, 0.15) is 26.2 Å². The van der Waals surface area contributed by atoms with Crippen molar-refractivity contribution in [1.29, 1.82) is 0 Å². The van der Waals surface area contributed by atoms with Crippen molar-refractivity contribution >= 4 is 29.3 Å². The summed E-state index contributed by atoms with van der Waals surface area (Å²) < 4.78 is 8.77. The van der Waals surface area contributed by atoms with Crippen molar-refractivity contribution in [1.82, 2.24) is 0 Å². The van der Waals surface area contributed by atoms with Crippen molar-refractivity contribution in [2.24, 2.45) is 4.51 Å². The van der Waals surface area contributed by atoms with Crippen LogP contribution in [0.2, 0.25) is 0 Å². The largest absolute Gasteiger partial charge is 0.471 e. The first kappa shape index (κ1) is 9.87. The van der Waals surface area contributed by atoms with Gasteiger partial charge in [0.15, 0.2) is 5.90 Å². The smallest absolute Gasteiger partial charge is 0.198 e. The monoisotopic (exact) mass is 207 g/mol. The van der Waals surface area contributed by atoms with Crippen molar-refractivity contribution in [3.8, 4) is 0 Å². The highest BCUT2D eigenvalue weighted by molar-refractivity contribution is 6.30. The molecule has 0 aliphatic heterocycles. The molecule has 0 N–H and O–H groups in total. The third kappa shape index (κ3) is 2.68. The average Bonchev–Trinajstić information content (AvgIpc) is 2.09. The Morgan fingerprint density at radius 1 is 1.75 bits per heavy atom. The lowest BCUT2D eigenvalue weighted by Gasteiger charge is -2.20. The van der Waals surface area contributed by atoms with E-state index in [2.05, 4.69) is 4.51 Å². The highest BCUT2D eigenvalue weighted by Crippen LogP contribution is 2.24. The Kier molecular flexibility index (Phi) is 3.89. The van der Waals surface area contributed by atoms with Gasteiger partial charge >= 0.3 is 0 Å². The lowest BCUT2D eigenvalue weighted by Crippen LogP contribution is -2.18. The first-order chi connectivity index (χ1) is 5.74. The van der Waals surface area contributed by atoms with Crippen LogP contribution in [0, 0.1) is 0 Å². The molecular formula is C8H11Cl2NO. The molecular weight excluding hydrogens is 197 g/mol. The third-order valence-electron chi connectivity index (χ3n) is 1.75. The van der Waals surface area contributed by atoms with Crippen LogP contribution in [0.5, 0.6) is 0 Å². The summed E-state index contributed by atoms with van der Waals surface area (Å²) in [6.07, 6.45) is 5.03. The number of allylic oxidation sites excluding steroid dienone is 1. The molecule has 0 heterocycles. The normalized spacial score (nSPS) is 25.1. The fourth-order valence-corrected chi connectivity index (χ4v) is 1.46. The fourth-order valence-electron chi connectivity index (χ4n) is 1.15. The second kappa shape index (κ2) is 4.73. The lowest BCUT2D eigenvalue weighted by molar-refractivity contribution is 0.211. The minimum atomic E-state index is -0.0390. The number of hydrogen-bond acceptors (Lipinski definition) is 2. The maximum atomic E-state index is 5.92. The summed E-state index contributed by atoms with van der Waals surface area (Å²) in [4.78, 5) is 0. The summed E-state index contributed by atoms with van der Waals surface area (Å²) in [6.45, 7) is 1.71. The topological polar surface area (TPSA) is 21.6 Å². The van der Waals surface area contributed by atoms with E-state index in [1.165, 1.54) is 0 Å². The molecule has 12 heavy (non-hydrogen) atoms. The van der Waals surface area contributed by atoms with Gasteiger partial charge in [0.25, 0.3) is 0 Å². The average molecular weight is 208 g/mol. The summed E-state index contributed by atoms with van der Waals surface area (Å²) in [7, 11) is 0. The van der Waals surface area contributed by atoms with Crippen LogP contribution in [0.4, 0.5) is 0 Å². The van der Waals surface area contributed by atoms with E-state index in [4.69, 9.17) is 28.1 Å². The predicted molar refractivity (Wildman–Crippen MR) is 51.6 cm³/mol. The molecule has 0 aromatic heterocycles. The van der Waals surface area contributed by atoms with Crippen molar-refractivity contribution in [2.45, 2.75) is 32.3 Å². The van der Waals surface area contributed by atoms with Crippen LogP contribution in [0.25, 0.3) is 0 Å². The van der Waals surface area contributed by atoms with Crippen molar-refractivity contribution < 1.29 is 4.74 Å². The van der Waals surface area contributed by atoms with E-state index in [1.54, 1.807) is 6.92 Å². The first-order valence-electron chi connectivity index (χ1n) is 3.92. The van der Waals surface area contributed by atoms with Gasteiger partial charge in [0.05, 0.1) is 5.03 Å². The molecule has 1 atom stereocenters. The van der Waals surface area contributed by atoms with E-state index in [9.17, 15) is 0 Å². The maximum absolute atomic E-state index is 5.92. The summed E-state index contributed by atoms with van der Waals surface area (Å²) in [5.41, 5.74) is 0. The van der Waals surface area contributed by atoms with E-state index >= 15 is 0 Å². The molecule has 0 radical (unpaired) electrons. The Hall–Kier alpha value is -0.210. The summed E-state index contributed by atoms with van der Waals surface area (Å²) in [5.74, 6) is 0.468. The van der Waals surface area contributed by atoms with E-state index < -0.39 is 0 Å². The molecule has 0 saturated carbocycles. The molecule has 0 bridgehead atoms. The Balaban J connectivity index is 2.51. The molecule has 1 rings (SSSR count). The number of ether oxygens (including phenoxy) is 1. The second-order valence-electron chi connectivity index (χ2n) is 2.73. The Morgan fingerprint density at radius 2 is 2.50 bits per heavy atom. The van der Waals surface area contributed by atoms with E-state index in [1.807, 2.05) is 6.08 Å². The predicted octanol–water partition coefficient (Wildman–Crippen LogP) is 3.25. The van der Waals surface area contributed by atoms with E-state index in [0.717, 1.165) is 24.3 Å². The standard InChI is InChI=1S/C8H11Cl2NO/c1-6(11-10)12-8-5-3-2-4-7(8)9/h4,8H,2-3,5H2,1H3. The molecule has 0 saturated heterocycles. The van der Waals surface area contributed by atoms with Crippen molar-refractivity contribution in [3.63, 3.8) is 0 Å². The van der Waals surface area contributed by atoms with Gasteiger partial charge in [0.1, 0.15) is 6.10 Å². The van der Waals surface area contributed by atoms with Gasteiger partial charge in [-0.2, -0.15) is 0 Å². The minimum absolute atomic E-state index is 0.0390. The molecule has 1 unspecified atom stereocenters. The third-order valence-corrected chi connectivity index (χ3v) is 2.38. The SMILES string of the molecule is CC(=NCl)OC1CCCC=C1Cl.